The van der Waals surface area contributed by atoms with Gasteiger partial charge in [0.2, 0.25) is 0 Å². The Labute approximate surface area is 148 Å². The Morgan fingerprint density at radius 3 is 1.48 bits per heavy atom. The molecule has 0 aromatic rings. The average Bonchev–Trinajstić information content (AvgIpc) is 2.33. The van der Waals surface area contributed by atoms with E-state index < -0.39 is 22.0 Å². The normalized spacial score (nSPS) is 15.6. The second-order valence-electron chi connectivity index (χ2n) is 8.53. The highest BCUT2D eigenvalue weighted by atomic mass is 32.2. The summed E-state index contributed by atoms with van der Waals surface area (Å²) in [4.78, 5) is 0. The fraction of sp³-hybridized carbons (Fsp3) is 1.00. The summed E-state index contributed by atoms with van der Waals surface area (Å²) < 4.78 is 33.2. The van der Waals surface area contributed by atoms with E-state index in [1.54, 1.807) is 7.11 Å². The third kappa shape index (κ3) is 16.8. The molecule has 2 N–H and O–H groups in total. The summed E-state index contributed by atoms with van der Waals surface area (Å²) in [5.41, 5.74) is 0.195. The molecule has 0 aliphatic heterocycles. The molecule has 0 spiro atoms. The van der Waals surface area contributed by atoms with Crippen LogP contribution in [0.15, 0.2) is 0 Å². The number of nitrogens with one attached hydrogen (secondary N) is 2. The van der Waals surface area contributed by atoms with Crippen LogP contribution in [0.1, 0.15) is 62.3 Å². The van der Waals surface area contributed by atoms with Crippen LogP contribution in [0.4, 0.5) is 0 Å². The molecule has 23 heavy (non-hydrogen) atoms. The van der Waals surface area contributed by atoms with Crippen LogP contribution >= 0.6 is 0 Å². The van der Waals surface area contributed by atoms with Crippen molar-refractivity contribution < 1.29 is 13.2 Å². The summed E-state index contributed by atoms with van der Waals surface area (Å²) in [5, 5.41) is 0. The zero-order chi connectivity index (χ0) is 18.9. The van der Waals surface area contributed by atoms with E-state index in [0.717, 1.165) is 6.54 Å². The predicted molar refractivity (Wildman–Crippen MR) is 103 cm³/mol. The van der Waals surface area contributed by atoms with Gasteiger partial charge in [-0.25, -0.2) is 17.9 Å². The van der Waals surface area contributed by atoms with Crippen molar-refractivity contribution in [2.24, 2.45) is 5.41 Å². The van der Waals surface area contributed by atoms with Crippen LogP contribution in [0.25, 0.3) is 0 Å². The minimum Gasteiger partial charge on any atom is -0.383 e. The number of ether oxygens (including phenoxy) is 1. The van der Waals surface area contributed by atoms with Gasteiger partial charge in [0.05, 0.1) is 38.1 Å². The lowest BCUT2D eigenvalue weighted by Gasteiger charge is -2.23. The van der Waals surface area contributed by atoms with E-state index >= 15 is 0 Å². The van der Waals surface area contributed by atoms with Gasteiger partial charge in [-0.3, -0.25) is 0 Å². The summed E-state index contributed by atoms with van der Waals surface area (Å²) in [6.07, 6.45) is 0. The van der Waals surface area contributed by atoms with Crippen LogP contribution in [-0.4, -0.2) is 44.7 Å². The summed E-state index contributed by atoms with van der Waals surface area (Å²) in [7, 11) is -0.276. The summed E-state index contributed by atoms with van der Waals surface area (Å²) in [5.74, 6) is 0. The molecular formula is C16H38N2O3S2. The number of hydrogen-bond donors (Lipinski definition) is 2. The molecule has 0 aromatic heterocycles. The van der Waals surface area contributed by atoms with Crippen molar-refractivity contribution in [2.75, 3.05) is 26.8 Å². The molecule has 0 aromatic carbocycles. The third-order valence-electron chi connectivity index (χ3n) is 2.39. The number of hydrogen-bond acceptors (Lipinski definition) is 3. The van der Waals surface area contributed by atoms with E-state index in [4.69, 9.17) is 4.74 Å². The van der Waals surface area contributed by atoms with E-state index in [2.05, 4.69) is 30.2 Å². The van der Waals surface area contributed by atoms with Crippen LogP contribution < -0.4 is 9.44 Å². The maximum absolute atomic E-state index is 11.5. The van der Waals surface area contributed by atoms with Gasteiger partial charge in [-0.05, 0) is 47.0 Å². The minimum atomic E-state index is -0.969. The monoisotopic (exact) mass is 370 g/mol. The van der Waals surface area contributed by atoms with Gasteiger partial charge in [0.25, 0.3) is 0 Å². The Bertz CT molecular complexity index is 367. The standard InChI is InChI=1S/C9H21NOS.C7H17NO2S/c1-8(2,3)7-10-12(11)9(4,5)6;1-7(2,3)11(9)8-5-6-10-4/h10H,7H2,1-6H3;8H,5-6H2,1-4H3. The van der Waals surface area contributed by atoms with E-state index in [1.807, 2.05) is 41.5 Å². The van der Waals surface area contributed by atoms with Gasteiger partial charge in [0.15, 0.2) is 0 Å². The topological polar surface area (TPSA) is 67.4 Å². The van der Waals surface area contributed by atoms with Crippen molar-refractivity contribution >= 4 is 22.0 Å². The molecule has 0 fully saturated rings. The molecule has 0 heterocycles. The Hall–Kier alpha value is 0.180. The van der Waals surface area contributed by atoms with Crippen LogP contribution in [0.2, 0.25) is 0 Å². The van der Waals surface area contributed by atoms with Crippen molar-refractivity contribution in [2.45, 2.75) is 71.8 Å². The molecule has 0 saturated carbocycles. The first-order chi connectivity index (χ1) is 10.1. The highest BCUT2D eigenvalue weighted by molar-refractivity contribution is 7.84. The molecule has 7 heteroatoms. The first kappa shape index (κ1) is 25.4. The van der Waals surface area contributed by atoms with E-state index in [0.29, 0.717) is 13.2 Å². The van der Waals surface area contributed by atoms with Crippen molar-refractivity contribution in [1.29, 1.82) is 0 Å². The van der Waals surface area contributed by atoms with E-state index in [-0.39, 0.29) is 14.9 Å². The smallest absolute Gasteiger partial charge is 0.0970 e. The molecule has 0 saturated heterocycles. The summed E-state index contributed by atoms with van der Waals surface area (Å²) in [6.45, 7) is 20.1. The third-order valence-corrected chi connectivity index (χ3v) is 5.48. The average molecular weight is 371 g/mol. The van der Waals surface area contributed by atoms with Gasteiger partial charge in [0, 0.05) is 20.2 Å². The lowest BCUT2D eigenvalue weighted by Crippen LogP contribution is -2.37. The Balaban J connectivity index is 0. The molecule has 0 aliphatic rings. The van der Waals surface area contributed by atoms with Gasteiger partial charge in [0.1, 0.15) is 0 Å². The van der Waals surface area contributed by atoms with Gasteiger partial charge < -0.3 is 4.74 Å². The molecule has 142 valence electrons. The second kappa shape index (κ2) is 10.9. The zero-order valence-corrected chi connectivity index (χ0v) is 18.3. The quantitative estimate of drug-likeness (QED) is 0.707. The molecular weight excluding hydrogens is 332 g/mol. The van der Waals surface area contributed by atoms with Crippen LogP contribution in [0, 0.1) is 5.41 Å². The predicted octanol–water partition coefficient (Wildman–Crippen LogP) is 2.77. The first-order valence-electron chi connectivity index (χ1n) is 7.91. The molecule has 0 bridgehead atoms. The maximum Gasteiger partial charge on any atom is 0.0970 e. The zero-order valence-electron chi connectivity index (χ0n) is 16.7. The maximum atomic E-state index is 11.5. The Morgan fingerprint density at radius 1 is 0.783 bits per heavy atom. The highest BCUT2D eigenvalue weighted by Crippen LogP contribution is 2.14. The van der Waals surface area contributed by atoms with Crippen LogP contribution in [0.5, 0.6) is 0 Å². The molecule has 0 aliphatic carbocycles. The summed E-state index contributed by atoms with van der Waals surface area (Å²) >= 11 is 0. The van der Waals surface area contributed by atoms with Gasteiger partial charge in [-0.1, -0.05) is 20.8 Å². The van der Waals surface area contributed by atoms with Gasteiger partial charge >= 0.3 is 0 Å². The van der Waals surface area contributed by atoms with E-state index in [9.17, 15) is 8.42 Å². The highest BCUT2D eigenvalue weighted by Gasteiger charge is 2.21. The minimum absolute atomic E-state index is 0.161. The fourth-order valence-corrected chi connectivity index (χ4v) is 2.65. The molecule has 0 radical (unpaired) electrons. The summed E-state index contributed by atoms with van der Waals surface area (Å²) in [6, 6.07) is 0. The molecule has 5 nitrogen and oxygen atoms in total. The lowest BCUT2D eigenvalue weighted by atomic mass is 9.98. The van der Waals surface area contributed by atoms with Crippen LogP contribution in [0.3, 0.4) is 0 Å². The lowest BCUT2D eigenvalue weighted by molar-refractivity contribution is 0.204. The van der Waals surface area contributed by atoms with Gasteiger partial charge in [-0.15, -0.1) is 0 Å². The van der Waals surface area contributed by atoms with Crippen molar-refractivity contribution in [3.8, 4) is 0 Å². The largest absolute Gasteiger partial charge is 0.383 e. The second-order valence-corrected chi connectivity index (χ2v) is 12.6. The first-order valence-corrected chi connectivity index (χ1v) is 10.2. The SMILES string of the molecule is CC(C)(C)CNS(=O)C(C)(C)C.COCCNS(=O)C(C)(C)C. The van der Waals surface area contributed by atoms with E-state index in [1.165, 1.54) is 0 Å². The Morgan fingerprint density at radius 2 is 1.17 bits per heavy atom. The van der Waals surface area contributed by atoms with Crippen molar-refractivity contribution in [1.82, 2.24) is 9.44 Å². The van der Waals surface area contributed by atoms with Crippen molar-refractivity contribution in [3.63, 3.8) is 0 Å². The van der Waals surface area contributed by atoms with Crippen LogP contribution in [-0.2, 0) is 26.7 Å². The van der Waals surface area contributed by atoms with Gasteiger partial charge in [-0.2, -0.15) is 0 Å². The molecule has 0 amide bonds. The molecule has 2 unspecified atom stereocenters. The molecule has 2 atom stereocenters. The number of methoxy groups -OCH3 is 1. The Kier molecular flexibility index (Phi) is 12.1. The fourth-order valence-electron chi connectivity index (χ4n) is 0.951. The van der Waals surface area contributed by atoms with Crippen molar-refractivity contribution in [3.05, 3.63) is 0 Å². The molecule has 0 rings (SSSR count). The number of rotatable bonds is 6.